The predicted molar refractivity (Wildman–Crippen MR) is 141 cm³/mol. The van der Waals surface area contributed by atoms with E-state index in [1.165, 1.54) is 0 Å². The summed E-state index contributed by atoms with van der Waals surface area (Å²) >= 11 is 0. The minimum atomic E-state index is -4.41. The average molecular weight is 585 g/mol. The Balaban J connectivity index is 1.71. The van der Waals surface area contributed by atoms with Crippen LogP contribution in [0.25, 0.3) is 0 Å². The zero-order valence-corrected chi connectivity index (χ0v) is 23.5. The van der Waals surface area contributed by atoms with Crippen LogP contribution in [0.5, 0.6) is 0 Å². The molecular formula is C28H28N2O10S. The van der Waals surface area contributed by atoms with E-state index < -0.39 is 67.3 Å². The van der Waals surface area contributed by atoms with E-state index in [-0.39, 0.29) is 46.9 Å². The highest BCUT2D eigenvalue weighted by molar-refractivity contribution is 7.91. The van der Waals surface area contributed by atoms with Crippen LogP contribution in [0.15, 0.2) is 46.2 Å². The summed E-state index contributed by atoms with van der Waals surface area (Å²) in [4.78, 5) is 76.3. The molecular weight excluding hydrogens is 556 g/mol. The van der Waals surface area contributed by atoms with Gasteiger partial charge < -0.3 is 10.2 Å². The molecule has 12 nitrogen and oxygen atoms in total. The summed E-state index contributed by atoms with van der Waals surface area (Å²) in [5.41, 5.74) is -0.830. The van der Waals surface area contributed by atoms with Crippen LogP contribution >= 0.6 is 0 Å². The van der Waals surface area contributed by atoms with Gasteiger partial charge in [0.25, 0.3) is 23.6 Å². The van der Waals surface area contributed by atoms with Gasteiger partial charge in [0.2, 0.25) is 9.84 Å². The van der Waals surface area contributed by atoms with Crippen LogP contribution < -0.4 is 0 Å². The molecule has 4 rings (SSSR count). The van der Waals surface area contributed by atoms with Crippen LogP contribution in [0.2, 0.25) is 0 Å². The zero-order valence-electron chi connectivity index (χ0n) is 22.7. The minimum Gasteiger partial charge on any atom is -0.480 e. The van der Waals surface area contributed by atoms with Crippen molar-refractivity contribution in [2.45, 2.75) is 62.4 Å². The van der Waals surface area contributed by atoms with Crippen LogP contribution in [0.1, 0.15) is 82.0 Å². The van der Waals surface area contributed by atoms with Gasteiger partial charge in [-0.25, -0.2) is 18.0 Å². The largest absolute Gasteiger partial charge is 0.480 e. The second kappa shape index (κ2) is 10.5. The van der Waals surface area contributed by atoms with E-state index in [9.17, 15) is 47.4 Å². The van der Waals surface area contributed by atoms with Crippen molar-refractivity contribution in [1.82, 2.24) is 9.80 Å². The van der Waals surface area contributed by atoms with Crippen molar-refractivity contribution in [1.29, 1.82) is 0 Å². The first-order valence-corrected chi connectivity index (χ1v) is 14.3. The fourth-order valence-electron chi connectivity index (χ4n) is 5.04. The molecule has 0 spiro atoms. The molecule has 0 aliphatic carbocycles. The first-order chi connectivity index (χ1) is 19.1. The Morgan fingerprint density at radius 1 is 0.634 bits per heavy atom. The van der Waals surface area contributed by atoms with Gasteiger partial charge in [0.05, 0.1) is 32.0 Å². The molecule has 216 valence electrons. The number of sulfone groups is 1. The van der Waals surface area contributed by atoms with E-state index in [0.717, 1.165) is 36.4 Å². The Kier molecular flexibility index (Phi) is 7.61. The first-order valence-electron chi connectivity index (χ1n) is 12.8. The molecule has 2 aliphatic rings. The standard InChI is InChI=1S/C28H28N2O10S/c1-13(2)9-21(27(35)36)29-23(31)17-7-5-15(11-19(17)25(29)33)41(39,40)16-6-8-18-20(12-16)26(34)30(24(18)32)22(28(37)38)10-14(3)4/h5-8,11-14,21-22H,9-10H2,1-4H3,(H,35,36)(H,37,38)/t21-,22-/m0/s1. The number of carboxylic acid groups (broad SMARTS) is 2. The van der Waals surface area contributed by atoms with E-state index in [4.69, 9.17) is 0 Å². The monoisotopic (exact) mass is 584 g/mol. The Bertz CT molecular complexity index is 1510. The third kappa shape index (κ3) is 5.01. The minimum absolute atomic E-state index is 0.00472. The van der Waals surface area contributed by atoms with Gasteiger partial charge in [0.15, 0.2) is 0 Å². The number of benzene rings is 2. The molecule has 2 aromatic carbocycles. The summed E-state index contributed by atoms with van der Waals surface area (Å²) in [6.07, 6.45) is 0.00943. The summed E-state index contributed by atoms with van der Waals surface area (Å²) < 4.78 is 27.1. The van der Waals surface area contributed by atoms with Gasteiger partial charge in [-0.2, -0.15) is 0 Å². The van der Waals surface area contributed by atoms with E-state index in [2.05, 4.69) is 0 Å². The molecule has 2 N–H and O–H groups in total. The lowest BCUT2D eigenvalue weighted by molar-refractivity contribution is -0.142. The number of amides is 4. The van der Waals surface area contributed by atoms with E-state index in [0.29, 0.717) is 9.80 Å². The van der Waals surface area contributed by atoms with Crippen LogP contribution in [0.4, 0.5) is 0 Å². The molecule has 0 fully saturated rings. The molecule has 0 radical (unpaired) electrons. The third-order valence-electron chi connectivity index (χ3n) is 6.98. The maximum Gasteiger partial charge on any atom is 0.326 e. The molecule has 2 heterocycles. The van der Waals surface area contributed by atoms with Gasteiger partial charge in [-0.3, -0.25) is 29.0 Å². The molecule has 2 atom stereocenters. The number of carbonyl (C=O) groups is 6. The molecule has 4 amide bonds. The van der Waals surface area contributed by atoms with Crippen molar-refractivity contribution in [3.8, 4) is 0 Å². The summed E-state index contributed by atoms with van der Waals surface area (Å²) in [6.45, 7) is 6.94. The van der Waals surface area contributed by atoms with Crippen molar-refractivity contribution in [2.24, 2.45) is 11.8 Å². The highest BCUT2D eigenvalue weighted by Crippen LogP contribution is 2.34. The highest BCUT2D eigenvalue weighted by atomic mass is 32.2. The lowest BCUT2D eigenvalue weighted by Crippen LogP contribution is -2.45. The van der Waals surface area contributed by atoms with Gasteiger partial charge in [0, 0.05) is 0 Å². The van der Waals surface area contributed by atoms with Gasteiger partial charge in [-0.1, -0.05) is 27.7 Å². The van der Waals surface area contributed by atoms with Crippen molar-refractivity contribution in [3.05, 3.63) is 58.7 Å². The number of hydrogen-bond acceptors (Lipinski definition) is 8. The molecule has 0 saturated carbocycles. The summed E-state index contributed by atoms with van der Waals surface area (Å²) in [7, 11) is -4.41. The zero-order chi connectivity index (χ0) is 30.5. The van der Waals surface area contributed by atoms with Crippen LogP contribution in [0, 0.1) is 11.8 Å². The van der Waals surface area contributed by atoms with Crippen molar-refractivity contribution in [2.75, 3.05) is 0 Å². The van der Waals surface area contributed by atoms with Crippen LogP contribution in [0.3, 0.4) is 0 Å². The number of fused-ring (bicyclic) bond motifs is 2. The number of nitrogens with zero attached hydrogens (tertiary/aromatic N) is 2. The van der Waals surface area contributed by atoms with Gasteiger partial charge >= 0.3 is 11.9 Å². The highest BCUT2D eigenvalue weighted by Gasteiger charge is 2.45. The molecule has 0 unspecified atom stereocenters. The van der Waals surface area contributed by atoms with E-state index >= 15 is 0 Å². The smallest absolute Gasteiger partial charge is 0.326 e. The van der Waals surface area contributed by atoms with Crippen LogP contribution in [-0.2, 0) is 19.4 Å². The normalized spacial score (nSPS) is 16.4. The SMILES string of the molecule is CC(C)C[C@@H](C(=O)O)N1C(=O)c2ccc(S(=O)(=O)c3ccc4c(c3)C(=O)N([C@@H](CC(C)C)C(=O)O)C4=O)cc2C1=O. The number of hydrogen-bond donors (Lipinski definition) is 2. The quantitative estimate of drug-likeness (QED) is 0.394. The second-order valence-electron chi connectivity index (χ2n) is 10.8. The Morgan fingerprint density at radius 3 is 1.24 bits per heavy atom. The average Bonchev–Trinajstić information content (AvgIpc) is 3.28. The first kappa shape index (κ1) is 29.6. The van der Waals surface area contributed by atoms with Gasteiger partial charge in [-0.05, 0) is 61.1 Å². The molecule has 2 aliphatic heterocycles. The van der Waals surface area contributed by atoms with E-state index in [1.54, 1.807) is 27.7 Å². The van der Waals surface area contributed by atoms with Gasteiger partial charge in [-0.15, -0.1) is 0 Å². The lowest BCUT2D eigenvalue weighted by atomic mass is 10.0. The molecule has 41 heavy (non-hydrogen) atoms. The molecule has 0 bridgehead atoms. The molecule has 0 saturated heterocycles. The summed E-state index contributed by atoms with van der Waals surface area (Å²) in [5.74, 6) is -6.63. The predicted octanol–water partition coefficient (Wildman–Crippen LogP) is 2.71. The summed E-state index contributed by atoms with van der Waals surface area (Å²) in [6, 6.07) is 3.54. The third-order valence-corrected chi connectivity index (χ3v) is 8.73. The molecule has 13 heteroatoms. The Morgan fingerprint density at radius 2 is 0.951 bits per heavy atom. The lowest BCUT2D eigenvalue weighted by Gasteiger charge is -2.23. The fourth-order valence-corrected chi connectivity index (χ4v) is 6.35. The van der Waals surface area contributed by atoms with Gasteiger partial charge in [0.1, 0.15) is 12.1 Å². The Labute approximate surface area is 235 Å². The maximum atomic E-state index is 13.5. The Hall–Kier alpha value is -4.39. The second-order valence-corrected chi connectivity index (χ2v) is 12.8. The maximum absolute atomic E-state index is 13.5. The number of rotatable bonds is 10. The fraction of sp³-hybridized carbons (Fsp3) is 0.357. The van der Waals surface area contributed by atoms with Crippen molar-refractivity contribution < 1.29 is 47.4 Å². The topological polar surface area (TPSA) is 183 Å². The van der Waals surface area contributed by atoms with E-state index in [1.807, 2.05) is 0 Å². The number of carbonyl (C=O) groups excluding carboxylic acids is 4. The van der Waals surface area contributed by atoms with Crippen molar-refractivity contribution >= 4 is 45.4 Å². The van der Waals surface area contributed by atoms with Crippen LogP contribution in [-0.4, -0.2) is 76.1 Å². The number of aliphatic carboxylic acids is 2. The molecule has 2 aromatic rings. The molecule has 0 aromatic heterocycles. The summed E-state index contributed by atoms with van der Waals surface area (Å²) in [5, 5.41) is 19.3. The number of imide groups is 2. The van der Waals surface area contributed by atoms with Crippen molar-refractivity contribution in [3.63, 3.8) is 0 Å². The number of carboxylic acids is 2.